The molecule has 0 amide bonds. The van der Waals surface area contributed by atoms with Crippen LogP contribution >= 0.6 is 0 Å². The molecule has 0 aromatic heterocycles. The third-order valence-electron chi connectivity index (χ3n) is 3.83. The zero-order valence-corrected chi connectivity index (χ0v) is 12.6. The molecule has 0 aliphatic carbocycles. The molecule has 0 spiro atoms. The van der Waals surface area contributed by atoms with Crippen molar-refractivity contribution in [2.24, 2.45) is 5.73 Å². The van der Waals surface area contributed by atoms with Crippen LogP contribution in [-0.2, 0) is 6.42 Å². The number of rotatable bonds is 7. The number of halogens is 1. The smallest absolute Gasteiger partial charge is 0.146 e. The number of para-hydroxylation sites is 1. The van der Waals surface area contributed by atoms with Crippen LogP contribution < -0.4 is 10.6 Å². The van der Waals surface area contributed by atoms with Crippen molar-refractivity contribution in [2.75, 3.05) is 11.4 Å². The van der Waals surface area contributed by atoms with Crippen molar-refractivity contribution in [3.8, 4) is 0 Å². The van der Waals surface area contributed by atoms with Crippen LogP contribution in [0.15, 0.2) is 18.2 Å². The first-order chi connectivity index (χ1) is 9.04. The lowest BCUT2D eigenvalue weighted by Crippen LogP contribution is -2.34. The molecule has 19 heavy (non-hydrogen) atoms. The molecule has 1 aromatic carbocycles. The van der Waals surface area contributed by atoms with E-state index in [0.717, 1.165) is 37.1 Å². The highest BCUT2D eigenvalue weighted by Gasteiger charge is 2.19. The van der Waals surface area contributed by atoms with Gasteiger partial charge in [-0.05, 0) is 44.7 Å². The zero-order chi connectivity index (χ0) is 14.4. The summed E-state index contributed by atoms with van der Waals surface area (Å²) < 4.78 is 14.3. The number of hydrogen-bond acceptors (Lipinski definition) is 2. The lowest BCUT2D eigenvalue weighted by atomic mass is 10.0. The highest BCUT2D eigenvalue weighted by Crippen LogP contribution is 2.28. The van der Waals surface area contributed by atoms with Crippen molar-refractivity contribution in [3.05, 3.63) is 29.6 Å². The summed E-state index contributed by atoms with van der Waals surface area (Å²) in [6.45, 7) is 9.22. The van der Waals surface area contributed by atoms with Gasteiger partial charge in [0.1, 0.15) is 5.82 Å². The molecule has 0 fully saturated rings. The summed E-state index contributed by atoms with van der Waals surface area (Å²) in [5.74, 6) is -0.136. The van der Waals surface area contributed by atoms with Gasteiger partial charge in [-0.1, -0.05) is 26.0 Å². The van der Waals surface area contributed by atoms with Crippen molar-refractivity contribution in [3.63, 3.8) is 0 Å². The Morgan fingerprint density at radius 3 is 2.42 bits per heavy atom. The number of nitrogens with zero attached hydrogens (tertiary/aromatic N) is 1. The second kappa shape index (κ2) is 7.49. The number of hydrogen-bond donors (Lipinski definition) is 1. The van der Waals surface area contributed by atoms with Gasteiger partial charge in [0, 0.05) is 18.6 Å². The summed E-state index contributed by atoms with van der Waals surface area (Å²) in [7, 11) is 0. The monoisotopic (exact) mass is 266 g/mol. The first kappa shape index (κ1) is 16.0. The molecule has 108 valence electrons. The summed E-state index contributed by atoms with van der Waals surface area (Å²) in [5.41, 5.74) is 7.80. The van der Waals surface area contributed by atoms with Gasteiger partial charge in [-0.2, -0.15) is 0 Å². The Bertz CT molecular complexity index is 392. The Morgan fingerprint density at radius 1 is 1.21 bits per heavy atom. The molecule has 2 N–H and O–H groups in total. The molecular formula is C16H27FN2. The Labute approximate surface area is 116 Å². The highest BCUT2D eigenvalue weighted by molar-refractivity contribution is 5.56. The average Bonchev–Trinajstić information content (AvgIpc) is 2.41. The molecule has 0 aliphatic rings. The van der Waals surface area contributed by atoms with Gasteiger partial charge in [-0.3, -0.25) is 0 Å². The standard InChI is InChI=1S/C16H27FN2/c1-5-12(4)19(7-3)16-13(11-14(18)6-2)9-8-10-15(16)17/h8-10,12,14H,5-7,11,18H2,1-4H3. The van der Waals surface area contributed by atoms with Gasteiger partial charge in [-0.15, -0.1) is 0 Å². The second-order valence-corrected chi connectivity index (χ2v) is 5.16. The number of benzene rings is 1. The minimum absolute atomic E-state index is 0.0937. The van der Waals surface area contributed by atoms with Crippen LogP contribution in [0.2, 0.25) is 0 Å². The molecule has 0 saturated carbocycles. The van der Waals surface area contributed by atoms with Crippen molar-refractivity contribution in [2.45, 2.75) is 59.0 Å². The highest BCUT2D eigenvalue weighted by atomic mass is 19.1. The fourth-order valence-corrected chi connectivity index (χ4v) is 2.38. The first-order valence-corrected chi connectivity index (χ1v) is 7.34. The summed E-state index contributed by atoms with van der Waals surface area (Å²) in [4.78, 5) is 2.15. The molecule has 3 heteroatoms. The van der Waals surface area contributed by atoms with E-state index in [1.165, 1.54) is 0 Å². The predicted molar refractivity (Wildman–Crippen MR) is 81.1 cm³/mol. The lowest BCUT2D eigenvalue weighted by Gasteiger charge is -2.32. The summed E-state index contributed by atoms with van der Waals surface area (Å²) in [6, 6.07) is 5.75. The van der Waals surface area contributed by atoms with Gasteiger partial charge in [-0.25, -0.2) is 4.39 Å². The Morgan fingerprint density at radius 2 is 1.89 bits per heavy atom. The van der Waals surface area contributed by atoms with Crippen LogP contribution in [0.3, 0.4) is 0 Å². The molecule has 0 heterocycles. The van der Waals surface area contributed by atoms with Crippen LogP contribution in [0.4, 0.5) is 10.1 Å². The number of nitrogens with two attached hydrogens (primary N) is 1. The van der Waals surface area contributed by atoms with E-state index in [9.17, 15) is 4.39 Å². The third kappa shape index (κ3) is 3.93. The van der Waals surface area contributed by atoms with E-state index in [1.54, 1.807) is 12.1 Å². The van der Waals surface area contributed by atoms with Crippen molar-refractivity contribution in [1.82, 2.24) is 0 Å². The van der Waals surface area contributed by atoms with Gasteiger partial charge in [0.2, 0.25) is 0 Å². The maximum absolute atomic E-state index is 14.3. The molecular weight excluding hydrogens is 239 g/mol. The fraction of sp³-hybridized carbons (Fsp3) is 0.625. The van der Waals surface area contributed by atoms with E-state index in [4.69, 9.17) is 5.73 Å². The molecule has 0 radical (unpaired) electrons. The van der Waals surface area contributed by atoms with Crippen molar-refractivity contribution < 1.29 is 4.39 Å². The van der Waals surface area contributed by atoms with Gasteiger partial charge in [0.15, 0.2) is 0 Å². The Kier molecular flexibility index (Phi) is 6.29. The maximum Gasteiger partial charge on any atom is 0.146 e. The number of anilines is 1. The molecule has 0 bridgehead atoms. The molecule has 2 unspecified atom stereocenters. The molecule has 2 atom stereocenters. The van der Waals surface area contributed by atoms with E-state index in [1.807, 2.05) is 6.07 Å². The van der Waals surface area contributed by atoms with Crippen LogP contribution in [0.5, 0.6) is 0 Å². The summed E-state index contributed by atoms with van der Waals surface area (Å²) in [6.07, 6.45) is 2.64. The molecule has 0 saturated heterocycles. The van der Waals surface area contributed by atoms with Gasteiger partial charge in [0.05, 0.1) is 5.69 Å². The van der Waals surface area contributed by atoms with E-state index >= 15 is 0 Å². The van der Waals surface area contributed by atoms with E-state index in [-0.39, 0.29) is 11.9 Å². The second-order valence-electron chi connectivity index (χ2n) is 5.16. The molecule has 0 aliphatic heterocycles. The van der Waals surface area contributed by atoms with Crippen LogP contribution in [0.1, 0.15) is 46.1 Å². The summed E-state index contributed by atoms with van der Waals surface area (Å²) >= 11 is 0. The largest absolute Gasteiger partial charge is 0.367 e. The van der Waals surface area contributed by atoms with E-state index in [2.05, 4.69) is 32.6 Å². The summed E-state index contributed by atoms with van der Waals surface area (Å²) in [5, 5.41) is 0. The zero-order valence-electron chi connectivity index (χ0n) is 12.6. The van der Waals surface area contributed by atoms with E-state index < -0.39 is 0 Å². The van der Waals surface area contributed by atoms with Crippen LogP contribution in [0.25, 0.3) is 0 Å². The predicted octanol–water partition coefficient (Wildman–Crippen LogP) is 3.73. The minimum atomic E-state index is -0.136. The van der Waals surface area contributed by atoms with Crippen LogP contribution in [-0.4, -0.2) is 18.6 Å². The maximum atomic E-state index is 14.3. The van der Waals surface area contributed by atoms with Crippen LogP contribution in [0, 0.1) is 5.82 Å². The van der Waals surface area contributed by atoms with Crippen molar-refractivity contribution >= 4 is 5.69 Å². The quantitative estimate of drug-likeness (QED) is 0.814. The Balaban J connectivity index is 3.15. The molecule has 1 aromatic rings. The molecule has 2 nitrogen and oxygen atoms in total. The normalized spacial score (nSPS) is 14.2. The topological polar surface area (TPSA) is 29.3 Å². The Hall–Kier alpha value is -1.09. The van der Waals surface area contributed by atoms with Gasteiger partial charge in [0.25, 0.3) is 0 Å². The fourth-order valence-electron chi connectivity index (χ4n) is 2.38. The first-order valence-electron chi connectivity index (χ1n) is 7.34. The third-order valence-corrected chi connectivity index (χ3v) is 3.83. The lowest BCUT2D eigenvalue weighted by molar-refractivity contribution is 0.573. The molecule has 1 rings (SSSR count). The minimum Gasteiger partial charge on any atom is -0.367 e. The van der Waals surface area contributed by atoms with Gasteiger partial charge >= 0.3 is 0 Å². The van der Waals surface area contributed by atoms with E-state index in [0.29, 0.717) is 6.04 Å². The average molecular weight is 266 g/mol. The van der Waals surface area contributed by atoms with Crippen molar-refractivity contribution in [1.29, 1.82) is 0 Å². The SMILES string of the molecule is CCC(N)Cc1cccc(F)c1N(CC)C(C)CC. The van der Waals surface area contributed by atoms with Gasteiger partial charge < -0.3 is 10.6 Å².